The predicted octanol–water partition coefficient (Wildman–Crippen LogP) is 1.21. The second-order valence-corrected chi connectivity index (χ2v) is 4.04. The lowest BCUT2D eigenvalue weighted by Crippen LogP contribution is -2.33. The van der Waals surface area contributed by atoms with Crippen LogP contribution in [0.2, 0.25) is 0 Å². The summed E-state index contributed by atoms with van der Waals surface area (Å²) < 4.78 is 4.79. The topological polar surface area (TPSA) is 72.6 Å². The van der Waals surface area contributed by atoms with E-state index in [4.69, 9.17) is 10.5 Å². The van der Waals surface area contributed by atoms with Gasteiger partial charge in [-0.3, -0.25) is 9.59 Å². The van der Waals surface area contributed by atoms with E-state index in [9.17, 15) is 9.59 Å². The molecule has 0 saturated heterocycles. The SMILES string of the molecule is CCOC(=O)CN(C)C(=O)c1ccc(N)c(C)c1. The zero-order valence-electron chi connectivity index (χ0n) is 10.9. The van der Waals surface area contributed by atoms with Crippen molar-refractivity contribution in [3.05, 3.63) is 29.3 Å². The lowest BCUT2D eigenvalue weighted by Gasteiger charge is -2.16. The van der Waals surface area contributed by atoms with Crippen molar-refractivity contribution in [1.29, 1.82) is 0 Å². The zero-order chi connectivity index (χ0) is 13.7. The van der Waals surface area contributed by atoms with Crippen molar-refractivity contribution in [3.8, 4) is 0 Å². The molecule has 0 saturated carbocycles. The highest BCUT2D eigenvalue weighted by molar-refractivity contribution is 5.96. The Balaban J connectivity index is 2.74. The van der Waals surface area contributed by atoms with Gasteiger partial charge in [-0.25, -0.2) is 0 Å². The van der Waals surface area contributed by atoms with Crippen molar-refractivity contribution in [2.75, 3.05) is 25.9 Å². The average Bonchev–Trinajstić information content (AvgIpc) is 2.32. The monoisotopic (exact) mass is 250 g/mol. The molecule has 5 heteroatoms. The molecule has 0 aromatic heterocycles. The Morgan fingerprint density at radius 1 is 1.39 bits per heavy atom. The molecular weight excluding hydrogens is 232 g/mol. The van der Waals surface area contributed by atoms with Crippen LogP contribution in [-0.4, -0.2) is 37.0 Å². The first-order valence-corrected chi connectivity index (χ1v) is 5.73. The summed E-state index contributed by atoms with van der Waals surface area (Å²) in [7, 11) is 1.56. The number of rotatable bonds is 4. The number of amides is 1. The van der Waals surface area contributed by atoms with Gasteiger partial charge in [0, 0.05) is 18.3 Å². The zero-order valence-corrected chi connectivity index (χ0v) is 10.9. The minimum absolute atomic E-state index is 0.0594. The third-order valence-corrected chi connectivity index (χ3v) is 2.54. The molecule has 0 aliphatic heterocycles. The van der Waals surface area contributed by atoms with Gasteiger partial charge in [-0.1, -0.05) is 0 Å². The van der Waals surface area contributed by atoms with Crippen molar-refractivity contribution >= 4 is 17.6 Å². The van der Waals surface area contributed by atoms with Crippen LogP contribution < -0.4 is 5.73 Å². The number of aryl methyl sites for hydroxylation is 1. The Morgan fingerprint density at radius 3 is 2.61 bits per heavy atom. The highest BCUT2D eigenvalue weighted by atomic mass is 16.5. The molecule has 0 aliphatic rings. The lowest BCUT2D eigenvalue weighted by atomic mass is 10.1. The van der Waals surface area contributed by atoms with Crippen LogP contribution in [0.4, 0.5) is 5.69 Å². The normalized spacial score (nSPS) is 9.94. The molecular formula is C13H18N2O3. The Bertz CT molecular complexity index is 458. The molecule has 1 aromatic rings. The van der Waals surface area contributed by atoms with Gasteiger partial charge < -0.3 is 15.4 Å². The van der Waals surface area contributed by atoms with E-state index in [1.807, 2.05) is 6.92 Å². The fourth-order valence-corrected chi connectivity index (χ4v) is 1.50. The van der Waals surface area contributed by atoms with Crippen molar-refractivity contribution < 1.29 is 14.3 Å². The van der Waals surface area contributed by atoms with E-state index in [0.29, 0.717) is 17.9 Å². The van der Waals surface area contributed by atoms with Gasteiger partial charge in [-0.05, 0) is 37.6 Å². The number of benzene rings is 1. The molecule has 1 rings (SSSR count). The minimum Gasteiger partial charge on any atom is -0.465 e. The summed E-state index contributed by atoms with van der Waals surface area (Å²) in [5, 5.41) is 0. The number of ether oxygens (including phenoxy) is 1. The predicted molar refractivity (Wildman–Crippen MR) is 69.2 cm³/mol. The van der Waals surface area contributed by atoms with Crippen molar-refractivity contribution in [2.24, 2.45) is 0 Å². The molecule has 1 aromatic carbocycles. The summed E-state index contributed by atoms with van der Waals surface area (Å²) in [6.45, 7) is 3.80. The van der Waals surface area contributed by atoms with E-state index in [1.54, 1.807) is 32.2 Å². The van der Waals surface area contributed by atoms with Gasteiger partial charge in [-0.15, -0.1) is 0 Å². The van der Waals surface area contributed by atoms with Gasteiger partial charge in [0.1, 0.15) is 6.54 Å². The molecule has 0 fully saturated rings. The quantitative estimate of drug-likeness (QED) is 0.644. The summed E-state index contributed by atoms with van der Waals surface area (Å²) in [4.78, 5) is 24.6. The van der Waals surface area contributed by atoms with E-state index < -0.39 is 5.97 Å². The molecule has 98 valence electrons. The molecule has 0 unspecified atom stereocenters. The molecule has 0 spiro atoms. The molecule has 0 radical (unpaired) electrons. The summed E-state index contributed by atoms with van der Waals surface area (Å²) >= 11 is 0. The first kappa shape index (κ1) is 14.0. The van der Waals surface area contributed by atoms with Gasteiger partial charge in [0.25, 0.3) is 5.91 Å². The van der Waals surface area contributed by atoms with Crippen molar-refractivity contribution in [2.45, 2.75) is 13.8 Å². The molecule has 5 nitrogen and oxygen atoms in total. The molecule has 0 atom stereocenters. The lowest BCUT2D eigenvalue weighted by molar-refractivity contribution is -0.143. The molecule has 0 aliphatic carbocycles. The Hall–Kier alpha value is -2.04. The van der Waals surface area contributed by atoms with Crippen LogP contribution in [0.3, 0.4) is 0 Å². The Morgan fingerprint density at radius 2 is 2.06 bits per heavy atom. The Labute approximate surface area is 107 Å². The van der Waals surface area contributed by atoms with Crippen LogP contribution in [-0.2, 0) is 9.53 Å². The van der Waals surface area contributed by atoms with Gasteiger partial charge >= 0.3 is 5.97 Å². The molecule has 0 heterocycles. The van der Waals surface area contributed by atoms with E-state index in [-0.39, 0.29) is 12.5 Å². The molecule has 1 amide bonds. The summed E-state index contributed by atoms with van der Waals surface area (Å²) in [6, 6.07) is 5.03. The van der Waals surface area contributed by atoms with E-state index in [1.165, 1.54) is 4.90 Å². The van der Waals surface area contributed by atoms with Gasteiger partial charge in [0.2, 0.25) is 0 Å². The van der Waals surface area contributed by atoms with E-state index in [0.717, 1.165) is 5.56 Å². The van der Waals surface area contributed by atoms with Crippen LogP contribution in [0.5, 0.6) is 0 Å². The highest BCUT2D eigenvalue weighted by Gasteiger charge is 2.15. The van der Waals surface area contributed by atoms with Crippen molar-refractivity contribution in [1.82, 2.24) is 4.90 Å². The molecule has 2 N–H and O–H groups in total. The van der Waals surface area contributed by atoms with Crippen molar-refractivity contribution in [3.63, 3.8) is 0 Å². The fourth-order valence-electron chi connectivity index (χ4n) is 1.50. The van der Waals surface area contributed by atoms with Gasteiger partial charge in [0.05, 0.1) is 6.61 Å². The number of likely N-dealkylation sites (N-methyl/N-ethyl adjacent to an activating group) is 1. The number of anilines is 1. The number of nitrogens with zero attached hydrogens (tertiary/aromatic N) is 1. The first-order chi connectivity index (χ1) is 8.45. The third-order valence-electron chi connectivity index (χ3n) is 2.54. The second-order valence-electron chi connectivity index (χ2n) is 4.04. The summed E-state index contributed by atoms with van der Waals surface area (Å²) in [5.41, 5.74) is 7.67. The smallest absolute Gasteiger partial charge is 0.325 e. The minimum atomic E-state index is -0.416. The third kappa shape index (κ3) is 3.48. The number of carbonyl (C=O) groups excluding carboxylic acids is 2. The van der Waals surface area contributed by atoms with Crippen LogP contribution in [0.15, 0.2) is 18.2 Å². The highest BCUT2D eigenvalue weighted by Crippen LogP contribution is 2.13. The second kappa shape index (κ2) is 6.05. The van der Waals surface area contributed by atoms with E-state index in [2.05, 4.69) is 0 Å². The van der Waals surface area contributed by atoms with Crippen LogP contribution in [0.25, 0.3) is 0 Å². The largest absolute Gasteiger partial charge is 0.465 e. The fraction of sp³-hybridized carbons (Fsp3) is 0.385. The standard InChI is InChI=1S/C13H18N2O3/c1-4-18-12(16)8-15(3)13(17)10-5-6-11(14)9(2)7-10/h5-7H,4,8,14H2,1-3H3. The molecule has 0 bridgehead atoms. The number of hydrogen-bond donors (Lipinski definition) is 1. The number of nitrogen functional groups attached to an aromatic ring is 1. The summed E-state index contributed by atoms with van der Waals surface area (Å²) in [5.74, 6) is -0.647. The van der Waals surface area contributed by atoms with Gasteiger partial charge in [-0.2, -0.15) is 0 Å². The van der Waals surface area contributed by atoms with Gasteiger partial charge in [0.15, 0.2) is 0 Å². The number of esters is 1. The number of hydrogen-bond acceptors (Lipinski definition) is 4. The van der Waals surface area contributed by atoms with Crippen LogP contribution in [0.1, 0.15) is 22.8 Å². The Kier molecular flexibility index (Phi) is 4.71. The first-order valence-electron chi connectivity index (χ1n) is 5.73. The maximum atomic E-state index is 12.0. The number of nitrogens with two attached hydrogens (primary N) is 1. The summed E-state index contributed by atoms with van der Waals surface area (Å²) in [6.07, 6.45) is 0. The van der Waals surface area contributed by atoms with Crippen LogP contribution in [0, 0.1) is 6.92 Å². The van der Waals surface area contributed by atoms with Crippen LogP contribution >= 0.6 is 0 Å². The average molecular weight is 250 g/mol. The molecule has 18 heavy (non-hydrogen) atoms. The maximum absolute atomic E-state index is 12.0. The van der Waals surface area contributed by atoms with E-state index >= 15 is 0 Å². The maximum Gasteiger partial charge on any atom is 0.325 e. The number of carbonyl (C=O) groups is 2.